The number of carboxylic acids is 1. The van der Waals surface area contributed by atoms with Crippen molar-refractivity contribution in [2.45, 2.75) is 26.3 Å². The van der Waals surface area contributed by atoms with Crippen LogP contribution in [0.3, 0.4) is 0 Å². The molecule has 104 valence electrons. The van der Waals surface area contributed by atoms with E-state index in [1.165, 1.54) is 17.2 Å². The number of carboxylic acid groups (broad SMARTS) is 1. The van der Waals surface area contributed by atoms with Crippen LogP contribution in [-0.4, -0.2) is 33.1 Å². The van der Waals surface area contributed by atoms with Crippen molar-refractivity contribution in [3.8, 4) is 0 Å². The molecule has 0 aliphatic rings. The quantitative estimate of drug-likeness (QED) is 0.672. The first-order chi connectivity index (χ1) is 8.62. The van der Waals surface area contributed by atoms with Crippen LogP contribution in [0.4, 0.5) is 11.5 Å². The van der Waals surface area contributed by atoms with Gasteiger partial charge in [0.15, 0.2) is 0 Å². The zero-order chi connectivity index (χ0) is 14.8. The third-order valence-electron chi connectivity index (χ3n) is 2.37. The Morgan fingerprint density at radius 2 is 2.16 bits per heavy atom. The van der Waals surface area contributed by atoms with E-state index in [0.29, 0.717) is 4.47 Å². The van der Waals surface area contributed by atoms with Gasteiger partial charge in [0.05, 0.1) is 4.92 Å². The lowest BCUT2D eigenvalue weighted by molar-refractivity contribution is -0.384. The number of aliphatic carboxylic acids is 1. The Labute approximate surface area is 118 Å². The van der Waals surface area contributed by atoms with Crippen LogP contribution in [-0.2, 0) is 4.79 Å². The van der Waals surface area contributed by atoms with Crippen molar-refractivity contribution in [3.63, 3.8) is 0 Å². The van der Waals surface area contributed by atoms with Gasteiger partial charge in [-0.05, 0) is 36.7 Å². The Bertz CT molecular complexity index is 513. The summed E-state index contributed by atoms with van der Waals surface area (Å²) < 4.78 is 0.465. The first kappa shape index (κ1) is 15.4. The number of anilines is 1. The summed E-state index contributed by atoms with van der Waals surface area (Å²) in [5.41, 5.74) is -0.838. The fourth-order valence-electron chi connectivity index (χ4n) is 1.53. The molecule has 0 aliphatic carbocycles. The van der Waals surface area contributed by atoms with Gasteiger partial charge in [0.1, 0.15) is 6.54 Å². The summed E-state index contributed by atoms with van der Waals surface area (Å²) in [5, 5.41) is 20.0. The second-order valence-electron chi connectivity index (χ2n) is 4.90. The molecule has 0 aliphatic heterocycles. The number of pyridine rings is 1. The third kappa shape index (κ3) is 3.88. The largest absolute Gasteiger partial charge is 0.480 e. The van der Waals surface area contributed by atoms with Crippen LogP contribution in [0.5, 0.6) is 0 Å². The first-order valence-corrected chi connectivity index (χ1v) is 6.21. The average molecular weight is 332 g/mol. The van der Waals surface area contributed by atoms with Crippen LogP contribution >= 0.6 is 15.9 Å². The minimum Gasteiger partial charge on any atom is -0.480 e. The molecule has 1 aromatic rings. The Morgan fingerprint density at radius 3 is 2.58 bits per heavy atom. The Morgan fingerprint density at radius 1 is 1.58 bits per heavy atom. The molecule has 0 bridgehead atoms. The average Bonchev–Trinajstić information content (AvgIpc) is 2.24. The molecule has 1 N–H and O–H groups in total. The summed E-state index contributed by atoms with van der Waals surface area (Å²) in [6.45, 7) is 4.94. The van der Waals surface area contributed by atoms with Crippen molar-refractivity contribution in [1.82, 2.24) is 4.98 Å². The molecular formula is C11H14BrN3O4. The molecule has 0 aromatic carbocycles. The van der Waals surface area contributed by atoms with E-state index in [2.05, 4.69) is 20.9 Å². The molecule has 0 saturated heterocycles. The molecule has 0 fully saturated rings. The number of hydrogen-bond donors (Lipinski definition) is 1. The van der Waals surface area contributed by atoms with Crippen molar-refractivity contribution in [2.24, 2.45) is 0 Å². The molecule has 19 heavy (non-hydrogen) atoms. The number of hydrogen-bond acceptors (Lipinski definition) is 5. The van der Waals surface area contributed by atoms with Gasteiger partial charge in [0.25, 0.3) is 0 Å². The highest BCUT2D eigenvalue weighted by Gasteiger charge is 2.31. The number of rotatable bonds is 4. The van der Waals surface area contributed by atoms with E-state index in [1.54, 1.807) is 20.8 Å². The molecule has 0 atom stereocenters. The molecule has 0 spiro atoms. The number of nitro groups is 1. The van der Waals surface area contributed by atoms with E-state index in [4.69, 9.17) is 5.11 Å². The summed E-state index contributed by atoms with van der Waals surface area (Å²) in [7, 11) is 0. The highest BCUT2D eigenvalue weighted by molar-refractivity contribution is 9.10. The van der Waals surface area contributed by atoms with Crippen molar-refractivity contribution < 1.29 is 14.8 Å². The van der Waals surface area contributed by atoms with Crippen molar-refractivity contribution in [1.29, 1.82) is 0 Å². The first-order valence-electron chi connectivity index (χ1n) is 5.42. The molecule has 8 heteroatoms. The smallest absolute Gasteiger partial charge is 0.323 e. The maximum atomic E-state index is 11.1. The van der Waals surface area contributed by atoms with Crippen molar-refractivity contribution in [2.75, 3.05) is 11.4 Å². The Kier molecular flexibility index (Phi) is 4.46. The van der Waals surface area contributed by atoms with Crippen LogP contribution in [0, 0.1) is 10.1 Å². The second-order valence-corrected chi connectivity index (χ2v) is 5.82. The highest BCUT2D eigenvalue weighted by atomic mass is 79.9. The van der Waals surface area contributed by atoms with E-state index >= 15 is 0 Å². The van der Waals surface area contributed by atoms with Crippen LogP contribution in [0.25, 0.3) is 0 Å². The molecule has 0 radical (unpaired) electrons. The molecule has 1 rings (SSSR count). The molecule has 7 nitrogen and oxygen atoms in total. The Hall–Kier alpha value is -1.70. The predicted octanol–water partition coefficient (Wildman–Crippen LogP) is 2.44. The van der Waals surface area contributed by atoms with Gasteiger partial charge in [-0.3, -0.25) is 14.9 Å². The summed E-state index contributed by atoms with van der Waals surface area (Å²) in [4.78, 5) is 26.8. The van der Waals surface area contributed by atoms with Crippen LogP contribution in [0.15, 0.2) is 16.7 Å². The van der Waals surface area contributed by atoms with E-state index in [0.717, 1.165) is 0 Å². The van der Waals surface area contributed by atoms with Gasteiger partial charge >= 0.3 is 11.7 Å². The van der Waals surface area contributed by atoms with Gasteiger partial charge < -0.3 is 10.0 Å². The van der Waals surface area contributed by atoms with E-state index < -0.39 is 16.4 Å². The molecule has 1 aromatic heterocycles. The van der Waals surface area contributed by atoms with E-state index in [-0.39, 0.29) is 18.1 Å². The van der Waals surface area contributed by atoms with Gasteiger partial charge in [-0.1, -0.05) is 0 Å². The van der Waals surface area contributed by atoms with Gasteiger partial charge in [0.2, 0.25) is 5.82 Å². The lowest BCUT2D eigenvalue weighted by Gasteiger charge is -2.34. The van der Waals surface area contributed by atoms with Gasteiger partial charge in [-0.15, -0.1) is 0 Å². The minimum absolute atomic E-state index is 0.0445. The molecular weight excluding hydrogens is 318 g/mol. The Balaban J connectivity index is 3.37. The van der Waals surface area contributed by atoms with Gasteiger partial charge in [-0.2, -0.15) is 0 Å². The fourth-order valence-corrected chi connectivity index (χ4v) is 1.85. The molecule has 0 unspecified atom stereocenters. The summed E-state index contributed by atoms with van der Waals surface area (Å²) in [6, 6.07) is 1.31. The lowest BCUT2D eigenvalue weighted by atomic mass is 10.1. The maximum Gasteiger partial charge on any atom is 0.323 e. The standard InChI is InChI=1S/C11H14BrN3O4/c1-11(2,3)14(6-9(16)17)10-8(15(18)19)4-7(12)5-13-10/h4-5H,6H2,1-3H3,(H,16,17). The topological polar surface area (TPSA) is 96.6 Å². The van der Waals surface area contributed by atoms with Crippen LogP contribution in [0.2, 0.25) is 0 Å². The molecule has 0 amide bonds. The highest BCUT2D eigenvalue weighted by Crippen LogP contribution is 2.32. The van der Waals surface area contributed by atoms with Crippen molar-refractivity contribution >= 4 is 33.4 Å². The van der Waals surface area contributed by atoms with E-state index in [9.17, 15) is 14.9 Å². The van der Waals surface area contributed by atoms with Gasteiger partial charge in [0, 0.05) is 22.3 Å². The minimum atomic E-state index is -1.08. The zero-order valence-corrected chi connectivity index (χ0v) is 12.3. The third-order valence-corrected chi connectivity index (χ3v) is 2.80. The van der Waals surface area contributed by atoms with Gasteiger partial charge in [-0.25, -0.2) is 4.98 Å². The molecule has 1 heterocycles. The zero-order valence-electron chi connectivity index (χ0n) is 10.8. The monoisotopic (exact) mass is 331 g/mol. The predicted molar refractivity (Wildman–Crippen MR) is 73.3 cm³/mol. The molecule has 0 saturated carbocycles. The van der Waals surface area contributed by atoms with Crippen LogP contribution < -0.4 is 4.90 Å². The summed E-state index contributed by atoms with van der Waals surface area (Å²) in [6.07, 6.45) is 1.41. The number of nitrogens with zero attached hydrogens (tertiary/aromatic N) is 3. The fraction of sp³-hybridized carbons (Fsp3) is 0.455. The van der Waals surface area contributed by atoms with Crippen molar-refractivity contribution in [3.05, 3.63) is 26.9 Å². The SMILES string of the molecule is CC(C)(C)N(CC(=O)O)c1ncc(Br)cc1[N+](=O)[O-]. The normalized spacial score (nSPS) is 11.2. The maximum absolute atomic E-state index is 11.1. The number of halogens is 1. The number of aromatic nitrogens is 1. The van der Waals surface area contributed by atoms with E-state index in [1.807, 2.05) is 0 Å². The lowest BCUT2D eigenvalue weighted by Crippen LogP contribution is -2.45. The number of carbonyl (C=O) groups is 1. The summed E-state index contributed by atoms with van der Waals surface area (Å²) in [5.74, 6) is -1.03. The second kappa shape index (κ2) is 5.52. The summed E-state index contributed by atoms with van der Waals surface area (Å²) >= 11 is 3.11. The van der Waals surface area contributed by atoms with Crippen LogP contribution in [0.1, 0.15) is 20.8 Å².